The van der Waals surface area contributed by atoms with E-state index < -0.39 is 23.5 Å². The monoisotopic (exact) mass is 391 g/mol. The van der Waals surface area contributed by atoms with E-state index >= 15 is 0 Å². The molecule has 0 aliphatic carbocycles. The van der Waals surface area contributed by atoms with Crippen LogP contribution >= 0.6 is 0 Å². The Morgan fingerprint density at radius 1 is 1.04 bits per heavy atom. The number of rotatable bonds is 4. The Labute approximate surface area is 159 Å². The van der Waals surface area contributed by atoms with E-state index in [1.165, 1.54) is 6.07 Å². The lowest BCUT2D eigenvalue weighted by atomic mass is 10.00. The van der Waals surface area contributed by atoms with Crippen molar-refractivity contribution in [2.24, 2.45) is 0 Å². The van der Waals surface area contributed by atoms with Crippen LogP contribution in [0.1, 0.15) is 33.0 Å². The van der Waals surface area contributed by atoms with E-state index in [2.05, 4.69) is 5.32 Å². The molecule has 0 unspecified atom stereocenters. The first-order valence-electron chi connectivity index (χ1n) is 8.47. The van der Waals surface area contributed by atoms with Crippen molar-refractivity contribution >= 4 is 5.91 Å². The Morgan fingerprint density at radius 3 is 2.36 bits per heavy atom. The molecule has 3 rings (SSSR count). The van der Waals surface area contributed by atoms with Crippen molar-refractivity contribution in [3.8, 4) is 11.1 Å². The van der Waals surface area contributed by atoms with Crippen LogP contribution in [0.2, 0.25) is 0 Å². The summed E-state index contributed by atoms with van der Waals surface area (Å²) in [6.45, 7) is 3.20. The van der Waals surface area contributed by atoms with Crippen LogP contribution < -0.4 is 5.32 Å². The van der Waals surface area contributed by atoms with E-state index in [9.17, 15) is 22.4 Å². The van der Waals surface area contributed by atoms with Crippen molar-refractivity contribution in [3.63, 3.8) is 0 Å². The zero-order chi connectivity index (χ0) is 20.5. The molecule has 0 aliphatic rings. The highest BCUT2D eigenvalue weighted by atomic mass is 19.4. The fourth-order valence-corrected chi connectivity index (χ4v) is 3.08. The van der Waals surface area contributed by atoms with Crippen molar-refractivity contribution in [1.82, 2.24) is 5.32 Å². The molecule has 0 atom stereocenters. The van der Waals surface area contributed by atoms with Crippen LogP contribution in [0.4, 0.5) is 17.6 Å². The van der Waals surface area contributed by atoms with E-state index in [4.69, 9.17) is 4.42 Å². The lowest BCUT2D eigenvalue weighted by Gasteiger charge is -2.11. The second-order valence-electron chi connectivity index (χ2n) is 6.33. The summed E-state index contributed by atoms with van der Waals surface area (Å²) in [5.41, 5.74) is 0.524. The van der Waals surface area contributed by atoms with Crippen molar-refractivity contribution < 1.29 is 26.8 Å². The third-order valence-electron chi connectivity index (χ3n) is 4.34. The smallest absolute Gasteiger partial charge is 0.419 e. The van der Waals surface area contributed by atoms with Gasteiger partial charge in [0.2, 0.25) is 0 Å². The predicted octanol–water partition coefficient (Wildman–Crippen LogP) is 5.65. The predicted molar refractivity (Wildman–Crippen MR) is 96.2 cm³/mol. The standard InChI is InChI=1S/C21H17F4NO2/c1-12-18(15-6-4-3-5-7-15)19(13(2)28-12)20(27)26-11-14-8-9-17(22)16(10-14)21(23,24)25/h3-10H,11H2,1-2H3,(H,26,27). The second-order valence-corrected chi connectivity index (χ2v) is 6.33. The maximum absolute atomic E-state index is 13.4. The fourth-order valence-electron chi connectivity index (χ4n) is 3.08. The van der Waals surface area contributed by atoms with Crippen LogP contribution in [-0.2, 0) is 12.7 Å². The van der Waals surface area contributed by atoms with Crippen LogP contribution in [0, 0.1) is 19.7 Å². The van der Waals surface area contributed by atoms with Gasteiger partial charge in [0.05, 0.1) is 11.1 Å². The van der Waals surface area contributed by atoms with Gasteiger partial charge in [-0.25, -0.2) is 4.39 Å². The van der Waals surface area contributed by atoms with Gasteiger partial charge in [-0.1, -0.05) is 36.4 Å². The minimum absolute atomic E-state index is 0.140. The number of nitrogens with one attached hydrogen (secondary N) is 1. The van der Waals surface area contributed by atoms with Gasteiger partial charge in [-0.15, -0.1) is 0 Å². The highest BCUT2D eigenvalue weighted by molar-refractivity contribution is 6.02. The van der Waals surface area contributed by atoms with Gasteiger partial charge in [0.15, 0.2) is 0 Å². The lowest BCUT2D eigenvalue weighted by Crippen LogP contribution is -2.24. The van der Waals surface area contributed by atoms with Gasteiger partial charge in [0.25, 0.3) is 5.91 Å². The minimum atomic E-state index is -4.80. The molecule has 146 valence electrons. The summed E-state index contributed by atoms with van der Waals surface area (Å²) in [4.78, 5) is 12.7. The molecule has 0 spiro atoms. The topological polar surface area (TPSA) is 42.2 Å². The van der Waals surface area contributed by atoms with Crippen LogP contribution in [0.3, 0.4) is 0 Å². The summed E-state index contributed by atoms with van der Waals surface area (Å²) >= 11 is 0. The zero-order valence-electron chi connectivity index (χ0n) is 15.2. The number of halogens is 4. The molecule has 1 aromatic heterocycles. The van der Waals surface area contributed by atoms with Crippen molar-refractivity contribution in [3.05, 3.63) is 82.6 Å². The molecule has 1 heterocycles. The molecule has 2 aromatic carbocycles. The van der Waals surface area contributed by atoms with Gasteiger partial charge < -0.3 is 9.73 Å². The molecule has 28 heavy (non-hydrogen) atoms. The van der Waals surface area contributed by atoms with E-state index in [1.807, 2.05) is 30.3 Å². The molecular formula is C21H17F4NO2. The van der Waals surface area contributed by atoms with Crippen LogP contribution in [0.5, 0.6) is 0 Å². The first kappa shape index (κ1) is 19.7. The molecule has 0 bridgehead atoms. The molecule has 7 heteroatoms. The summed E-state index contributed by atoms with van der Waals surface area (Å²) in [6, 6.07) is 11.8. The average Bonchev–Trinajstić information content (AvgIpc) is 2.94. The van der Waals surface area contributed by atoms with Crippen LogP contribution in [0.25, 0.3) is 11.1 Å². The maximum atomic E-state index is 13.4. The van der Waals surface area contributed by atoms with E-state index in [0.717, 1.165) is 11.6 Å². The maximum Gasteiger partial charge on any atom is 0.419 e. The van der Waals surface area contributed by atoms with Gasteiger partial charge >= 0.3 is 6.18 Å². The first-order valence-corrected chi connectivity index (χ1v) is 8.47. The number of hydrogen-bond acceptors (Lipinski definition) is 2. The van der Waals surface area contributed by atoms with Gasteiger partial charge in [-0.2, -0.15) is 13.2 Å². The molecule has 0 saturated heterocycles. The first-order chi connectivity index (χ1) is 13.2. The van der Waals surface area contributed by atoms with E-state index in [1.54, 1.807) is 13.8 Å². The van der Waals surface area contributed by atoms with E-state index in [0.29, 0.717) is 28.7 Å². The molecule has 3 aromatic rings. The normalized spacial score (nSPS) is 11.5. The van der Waals surface area contributed by atoms with Crippen LogP contribution in [0.15, 0.2) is 52.9 Å². The fraction of sp³-hybridized carbons (Fsp3) is 0.190. The minimum Gasteiger partial charge on any atom is -0.465 e. The molecule has 1 N–H and O–H groups in total. The van der Waals surface area contributed by atoms with Crippen molar-refractivity contribution in [1.29, 1.82) is 0 Å². The molecule has 0 aliphatic heterocycles. The SMILES string of the molecule is Cc1oc(C)c(-c2ccccc2)c1C(=O)NCc1ccc(F)c(C(F)(F)F)c1. The number of furan rings is 1. The van der Waals surface area contributed by atoms with Crippen LogP contribution in [-0.4, -0.2) is 5.91 Å². The third-order valence-corrected chi connectivity index (χ3v) is 4.34. The number of aryl methyl sites for hydroxylation is 2. The Balaban J connectivity index is 1.86. The summed E-state index contributed by atoms with van der Waals surface area (Å²) in [6.07, 6.45) is -4.80. The van der Waals surface area contributed by atoms with Crippen molar-refractivity contribution in [2.45, 2.75) is 26.6 Å². The highest BCUT2D eigenvalue weighted by Gasteiger charge is 2.34. The number of carbonyl (C=O) groups excluding carboxylic acids is 1. The van der Waals surface area contributed by atoms with Gasteiger partial charge in [-0.3, -0.25) is 4.79 Å². The lowest BCUT2D eigenvalue weighted by molar-refractivity contribution is -0.140. The Hall–Kier alpha value is -3.09. The summed E-state index contributed by atoms with van der Waals surface area (Å²) in [5, 5.41) is 2.59. The molecular weight excluding hydrogens is 374 g/mol. The number of amides is 1. The third kappa shape index (κ3) is 3.93. The quantitative estimate of drug-likeness (QED) is 0.584. The van der Waals surface area contributed by atoms with Gasteiger partial charge in [0, 0.05) is 12.1 Å². The summed E-state index contributed by atoms with van der Waals surface area (Å²) in [5.74, 6) is -0.861. The molecule has 3 nitrogen and oxygen atoms in total. The van der Waals surface area contributed by atoms with Crippen molar-refractivity contribution in [2.75, 3.05) is 0 Å². The molecule has 0 fully saturated rings. The largest absolute Gasteiger partial charge is 0.465 e. The average molecular weight is 391 g/mol. The van der Waals surface area contributed by atoms with Gasteiger partial charge in [-0.05, 0) is 37.1 Å². The molecule has 1 amide bonds. The Bertz CT molecular complexity index is 1010. The molecule has 0 saturated carbocycles. The molecule has 0 radical (unpaired) electrons. The summed E-state index contributed by atoms with van der Waals surface area (Å²) in [7, 11) is 0. The zero-order valence-corrected chi connectivity index (χ0v) is 15.2. The van der Waals surface area contributed by atoms with Gasteiger partial charge in [0.1, 0.15) is 17.3 Å². The highest BCUT2D eigenvalue weighted by Crippen LogP contribution is 2.33. The Morgan fingerprint density at radius 2 is 1.71 bits per heavy atom. The number of hydrogen-bond donors (Lipinski definition) is 1. The second kappa shape index (κ2) is 7.50. The Kier molecular flexibility index (Phi) is 5.27. The summed E-state index contributed by atoms with van der Waals surface area (Å²) < 4.78 is 57.5. The number of benzene rings is 2. The number of alkyl halides is 3. The van der Waals surface area contributed by atoms with E-state index in [-0.39, 0.29) is 12.1 Å². The number of carbonyl (C=O) groups is 1.